The Balaban J connectivity index is 2.42. The standard InChI is InChI=1S/C11H20N2O3S/c1-3-13(6-8(2)10(14)15)11(16)12-9-4-5-17-7-9/h8-9H,3-7H2,1-2H3,(H,12,16)(H,14,15). The summed E-state index contributed by atoms with van der Waals surface area (Å²) in [4.78, 5) is 24.2. The predicted molar refractivity (Wildman–Crippen MR) is 68.3 cm³/mol. The van der Waals surface area contributed by atoms with Gasteiger partial charge in [0.2, 0.25) is 0 Å². The molecule has 0 aromatic rings. The maximum atomic E-state index is 11.9. The molecule has 17 heavy (non-hydrogen) atoms. The van der Waals surface area contributed by atoms with Gasteiger partial charge in [-0.05, 0) is 19.1 Å². The fourth-order valence-electron chi connectivity index (χ4n) is 1.68. The van der Waals surface area contributed by atoms with Crippen molar-refractivity contribution in [2.45, 2.75) is 26.3 Å². The molecular formula is C11H20N2O3S. The van der Waals surface area contributed by atoms with Gasteiger partial charge in [-0.1, -0.05) is 6.92 Å². The number of carboxylic acid groups (broad SMARTS) is 1. The van der Waals surface area contributed by atoms with Gasteiger partial charge in [-0.3, -0.25) is 4.79 Å². The van der Waals surface area contributed by atoms with E-state index in [-0.39, 0.29) is 18.6 Å². The third kappa shape index (κ3) is 4.46. The van der Waals surface area contributed by atoms with Crippen molar-refractivity contribution in [1.29, 1.82) is 0 Å². The summed E-state index contributed by atoms with van der Waals surface area (Å²) in [5, 5.41) is 11.8. The van der Waals surface area contributed by atoms with Gasteiger partial charge < -0.3 is 15.3 Å². The molecule has 98 valence electrons. The van der Waals surface area contributed by atoms with Crippen LogP contribution in [0.2, 0.25) is 0 Å². The molecule has 0 saturated carbocycles. The maximum absolute atomic E-state index is 11.9. The number of hydrogen-bond donors (Lipinski definition) is 2. The molecule has 0 aliphatic carbocycles. The third-order valence-electron chi connectivity index (χ3n) is 2.84. The van der Waals surface area contributed by atoms with Gasteiger partial charge in [-0.15, -0.1) is 0 Å². The van der Waals surface area contributed by atoms with Crippen molar-refractivity contribution in [2.75, 3.05) is 24.6 Å². The van der Waals surface area contributed by atoms with Crippen LogP contribution in [-0.4, -0.2) is 52.6 Å². The number of aliphatic carboxylic acids is 1. The zero-order valence-corrected chi connectivity index (χ0v) is 11.1. The Labute approximate surface area is 106 Å². The normalized spacial score (nSPS) is 20.9. The van der Waals surface area contributed by atoms with Crippen molar-refractivity contribution < 1.29 is 14.7 Å². The topological polar surface area (TPSA) is 69.6 Å². The molecule has 2 unspecified atom stereocenters. The minimum Gasteiger partial charge on any atom is -0.481 e. The number of carboxylic acids is 1. The molecule has 1 fully saturated rings. The first-order chi connectivity index (χ1) is 8.04. The van der Waals surface area contributed by atoms with Gasteiger partial charge >= 0.3 is 12.0 Å². The molecule has 2 N–H and O–H groups in total. The fraction of sp³-hybridized carbons (Fsp3) is 0.818. The molecule has 5 nitrogen and oxygen atoms in total. The van der Waals surface area contributed by atoms with Crippen LogP contribution in [0.3, 0.4) is 0 Å². The molecular weight excluding hydrogens is 240 g/mol. The highest BCUT2D eigenvalue weighted by atomic mass is 32.2. The summed E-state index contributed by atoms with van der Waals surface area (Å²) >= 11 is 1.83. The SMILES string of the molecule is CCN(CC(C)C(=O)O)C(=O)NC1CCSC1. The van der Waals surface area contributed by atoms with E-state index in [4.69, 9.17) is 5.11 Å². The van der Waals surface area contributed by atoms with Crippen LogP contribution in [0.15, 0.2) is 0 Å². The van der Waals surface area contributed by atoms with E-state index < -0.39 is 11.9 Å². The Morgan fingerprint density at radius 3 is 2.76 bits per heavy atom. The zero-order valence-electron chi connectivity index (χ0n) is 10.3. The Bertz CT molecular complexity index is 280. The second-order valence-electron chi connectivity index (χ2n) is 4.29. The summed E-state index contributed by atoms with van der Waals surface area (Å²) in [7, 11) is 0. The molecule has 2 atom stereocenters. The molecule has 1 heterocycles. The minimum atomic E-state index is -0.868. The summed E-state index contributed by atoms with van der Waals surface area (Å²) < 4.78 is 0. The minimum absolute atomic E-state index is 0.145. The third-order valence-corrected chi connectivity index (χ3v) is 4.00. The van der Waals surface area contributed by atoms with E-state index in [9.17, 15) is 9.59 Å². The first kappa shape index (κ1) is 14.2. The first-order valence-corrected chi connectivity index (χ1v) is 7.06. The molecule has 1 aliphatic heterocycles. The van der Waals surface area contributed by atoms with E-state index >= 15 is 0 Å². The zero-order chi connectivity index (χ0) is 12.8. The van der Waals surface area contributed by atoms with Gasteiger partial charge in [-0.2, -0.15) is 11.8 Å². The molecule has 0 aromatic heterocycles. The summed E-state index contributed by atoms with van der Waals surface area (Å²) in [5.41, 5.74) is 0. The van der Waals surface area contributed by atoms with E-state index in [1.165, 1.54) is 0 Å². The number of nitrogens with zero attached hydrogens (tertiary/aromatic N) is 1. The van der Waals surface area contributed by atoms with Crippen molar-refractivity contribution in [1.82, 2.24) is 10.2 Å². The van der Waals surface area contributed by atoms with Gasteiger partial charge in [-0.25, -0.2) is 4.79 Å². The smallest absolute Gasteiger partial charge is 0.317 e. The Kier molecular flexibility index (Phi) is 5.61. The largest absolute Gasteiger partial charge is 0.481 e. The molecule has 0 radical (unpaired) electrons. The average Bonchev–Trinajstić information content (AvgIpc) is 2.77. The molecule has 2 amide bonds. The number of carbonyl (C=O) groups is 2. The van der Waals surface area contributed by atoms with E-state index in [0.29, 0.717) is 6.54 Å². The van der Waals surface area contributed by atoms with Gasteiger partial charge in [0.05, 0.1) is 5.92 Å². The van der Waals surface area contributed by atoms with E-state index in [1.807, 2.05) is 18.7 Å². The van der Waals surface area contributed by atoms with E-state index in [1.54, 1.807) is 11.8 Å². The lowest BCUT2D eigenvalue weighted by Crippen LogP contribution is -2.47. The molecule has 1 aliphatic rings. The number of amides is 2. The van der Waals surface area contributed by atoms with Gasteiger partial charge in [0, 0.05) is 24.9 Å². The molecule has 6 heteroatoms. The van der Waals surface area contributed by atoms with Crippen LogP contribution < -0.4 is 5.32 Å². The Morgan fingerprint density at radius 1 is 1.59 bits per heavy atom. The van der Waals surface area contributed by atoms with Gasteiger partial charge in [0.25, 0.3) is 0 Å². The summed E-state index contributed by atoms with van der Waals surface area (Å²) in [5.74, 6) is 0.645. The highest BCUT2D eigenvalue weighted by molar-refractivity contribution is 7.99. The molecule has 0 aromatic carbocycles. The van der Waals surface area contributed by atoms with Gasteiger partial charge in [0.15, 0.2) is 0 Å². The lowest BCUT2D eigenvalue weighted by molar-refractivity contribution is -0.141. The van der Waals surface area contributed by atoms with E-state index in [2.05, 4.69) is 5.32 Å². The lowest BCUT2D eigenvalue weighted by Gasteiger charge is -2.25. The van der Waals surface area contributed by atoms with Crippen molar-refractivity contribution in [3.05, 3.63) is 0 Å². The monoisotopic (exact) mass is 260 g/mol. The molecule has 1 rings (SSSR count). The maximum Gasteiger partial charge on any atom is 0.317 e. The summed E-state index contributed by atoms with van der Waals surface area (Å²) in [6.07, 6.45) is 1.00. The molecule has 0 bridgehead atoms. The second kappa shape index (κ2) is 6.74. The van der Waals surface area contributed by atoms with Crippen molar-refractivity contribution in [3.8, 4) is 0 Å². The van der Waals surface area contributed by atoms with Gasteiger partial charge in [0.1, 0.15) is 0 Å². The van der Waals surface area contributed by atoms with E-state index in [0.717, 1.165) is 17.9 Å². The Morgan fingerprint density at radius 2 is 2.29 bits per heavy atom. The highest BCUT2D eigenvalue weighted by Gasteiger charge is 2.23. The van der Waals surface area contributed by atoms with Crippen molar-refractivity contribution in [3.63, 3.8) is 0 Å². The summed E-state index contributed by atoms with van der Waals surface area (Å²) in [6.45, 7) is 4.27. The van der Waals surface area contributed by atoms with Crippen LogP contribution in [0, 0.1) is 5.92 Å². The molecule has 1 saturated heterocycles. The lowest BCUT2D eigenvalue weighted by atomic mass is 10.2. The Hall–Kier alpha value is -0.910. The van der Waals surface area contributed by atoms with Crippen molar-refractivity contribution in [2.24, 2.45) is 5.92 Å². The van der Waals surface area contributed by atoms with Crippen LogP contribution in [0.1, 0.15) is 20.3 Å². The van der Waals surface area contributed by atoms with Crippen molar-refractivity contribution >= 4 is 23.8 Å². The number of rotatable bonds is 5. The van der Waals surface area contributed by atoms with Crippen LogP contribution in [-0.2, 0) is 4.79 Å². The van der Waals surface area contributed by atoms with Crippen LogP contribution >= 0.6 is 11.8 Å². The quantitative estimate of drug-likeness (QED) is 0.780. The number of thioether (sulfide) groups is 1. The second-order valence-corrected chi connectivity index (χ2v) is 5.44. The number of urea groups is 1. The number of nitrogens with one attached hydrogen (secondary N) is 1. The van der Waals surface area contributed by atoms with Crippen LogP contribution in [0.4, 0.5) is 4.79 Å². The molecule has 0 spiro atoms. The number of hydrogen-bond acceptors (Lipinski definition) is 3. The summed E-state index contributed by atoms with van der Waals surface area (Å²) in [6, 6.07) is 0.0924. The first-order valence-electron chi connectivity index (χ1n) is 5.90. The predicted octanol–water partition coefficient (Wildman–Crippen LogP) is 1.24. The average molecular weight is 260 g/mol. The fourth-order valence-corrected chi connectivity index (χ4v) is 2.83. The number of carbonyl (C=O) groups excluding carboxylic acids is 1. The highest BCUT2D eigenvalue weighted by Crippen LogP contribution is 2.17. The van der Waals surface area contributed by atoms with Crippen LogP contribution in [0.25, 0.3) is 0 Å². The van der Waals surface area contributed by atoms with Crippen LogP contribution in [0.5, 0.6) is 0 Å².